The molecule has 2 aromatic heterocycles. The number of ether oxygens (including phenoxy) is 1. The maximum absolute atomic E-state index is 12.8. The molecule has 4 rings (SSSR count). The molecule has 0 saturated carbocycles. The Morgan fingerprint density at radius 2 is 1.89 bits per heavy atom. The Bertz CT molecular complexity index is 938. The van der Waals surface area contributed by atoms with Crippen LogP contribution in [0.4, 0.5) is 5.82 Å². The number of hydrogen-bond acceptors (Lipinski definition) is 5. The summed E-state index contributed by atoms with van der Waals surface area (Å²) in [6.45, 7) is 1.22. The normalized spacial score (nSPS) is 16.2. The summed E-state index contributed by atoms with van der Waals surface area (Å²) in [7, 11) is 3.82. The average Bonchev–Trinajstić information content (AvgIpc) is 3.40. The van der Waals surface area contributed by atoms with Crippen molar-refractivity contribution in [2.75, 3.05) is 32.1 Å². The quantitative estimate of drug-likeness (QED) is 0.684. The van der Waals surface area contributed by atoms with E-state index in [9.17, 15) is 4.79 Å². The van der Waals surface area contributed by atoms with Crippen molar-refractivity contribution < 1.29 is 9.53 Å². The summed E-state index contributed by atoms with van der Waals surface area (Å²) in [5.41, 5.74) is 1.72. The average molecular weight is 377 g/mol. The van der Waals surface area contributed by atoms with Crippen LogP contribution in [-0.2, 0) is 0 Å². The molecular weight excluding hydrogens is 354 g/mol. The SMILES string of the molecule is CN(C)c1cncc(OC2CCN(C(=O)c3ccc(-n4cccc4)cc3)C2)n1. The van der Waals surface area contributed by atoms with Gasteiger partial charge in [0.2, 0.25) is 5.88 Å². The number of nitrogens with zero attached hydrogens (tertiary/aromatic N) is 5. The fourth-order valence-corrected chi connectivity index (χ4v) is 3.26. The van der Waals surface area contributed by atoms with Crippen LogP contribution in [0.2, 0.25) is 0 Å². The lowest BCUT2D eigenvalue weighted by atomic mass is 10.2. The minimum atomic E-state index is -0.0743. The maximum atomic E-state index is 12.8. The van der Waals surface area contributed by atoms with Gasteiger partial charge in [0.05, 0.1) is 18.9 Å². The second-order valence-electron chi connectivity index (χ2n) is 7.03. The third kappa shape index (κ3) is 3.83. The molecule has 3 aromatic rings. The summed E-state index contributed by atoms with van der Waals surface area (Å²) < 4.78 is 7.96. The number of aromatic nitrogens is 3. The fourth-order valence-electron chi connectivity index (χ4n) is 3.26. The molecule has 0 spiro atoms. The van der Waals surface area contributed by atoms with Crippen molar-refractivity contribution in [2.24, 2.45) is 0 Å². The minimum absolute atomic E-state index is 0.0262. The third-order valence-corrected chi connectivity index (χ3v) is 4.79. The van der Waals surface area contributed by atoms with Gasteiger partial charge in [-0.25, -0.2) is 0 Å². The molecule has 1 aliphatic rings. The standard InChI is InChI=1S/C21H23N5O2/c1-24(2)19-13-22-14-20(23-19)28-18-9-12-26(15-18)21(27)16-5-7-17(8-6-16)25-10-3-4-11-25/h3-8,10-11,13-14,18H,9,12,15H2,1-2H3. The van der Waals surface area contributed by atoms with Crippen molar-refractivity contribution in [1.29, 1.82) is 0 Å². The number of amides is 1. The maximum Gasteiger partial charge on any atom is 0.253 e. The van der Waals surface area contributed by atoms with E-state index in [1.54, 1.807) is 12.4 Å². The summed E-state index contributed by atoms with van der Waals surface area (Å²) in [5.74, 6) is 1.26. The fraction of sp³-hybridized carbons (Fsp3) is 0.286. The predicted molar refractivity (Wildman–Crippen MR) is 107 cm³/mol. The second-order valence-corrected chi connectivity index (χ2v) is 7.03. The highest BCUT2D eigenvalue weighted by molar-refractivity contribution is 5.94. The number of likely N-dealkylation sites (tertiary alicyclic amines) is 1. The summed E-state index contributed by atoms with van der Waals surface area (Å²) >= 11 is 0. The Hall–Kier alpha value is -3.35. The molecular formula is C21H23N5O2. The van der Waals surface area contributed by atoms with Crippen LogP contribution in [0.1, 0.15) is 16.8 Å². The van der Waals surface area contributed by atoms with E-state index in [0.29, 0.717) is 24.5 Å². The van der Waals surface area contributed by atoms with E-state index >= 15 is 0 Å². The van der Waals surface area contributed by atoms with Crippen molar-refractivity contribution in [2.45, 2.75) is 12.5 Å². The van der Waals surface area contributed by atoms with Crippen molar-refractivity contribution >= 4 is 11.7 Å². The number of carbonyl (C=O) groups is 1. The first kappa shape index (κ1) is 18.0. The summed E-state index contributed by atoms with van der Waals surface area (Å²) in [4.78, 5) is 25.1. The molecule has 7 nitrogen and oxygen atoms in total. The van der Waals surface area contributed by atoms with Crippen molar-refractivity contribution in [1.82, 2.24) is 19.4 Å². The van der Waals surface area contributed by atoms with E-state index in [1.807, 2.05) is 77.3 Å². The predicted octanol–water partition coefficient (Wildman–Crippen LogP) is 2.63. The van der Waals surface area contributed by atoms with Gasteiger partial charge in [-0.15, -0.1) is 0 Å². The Labute approximate surface area is 164 Å². The summed E-state index contributed by atoms with van der Waals surface area (Å²) in [6, 6.07) is 11.6. The Kier molecular flexibility index (Phi) is 4.97. The molecule has 1 atom stereocenters. The number of hydrogen-bond donors (Lipinski definition) is 0. The van der Waals surface area contributed by atoms with E-state index < -0.39 is 0 Å². The molecule has 7 heteroatoms. The zero-order valence-electron chi connectivity index (χ0n) is 16.0. The van der Waals surface area contributed by atoms with Crippen LogP contribution in [-0.4, -0.2) is 58.6 Å². The van der Waals surface area contributed by atoms with Gasteiger partial charge in [0, 0.05) is 50.7 Å². The van der Waals surface area contributed by atoms with Crippen molar-refractivity contribution in [3.63, 3.8) is 0 Å². The van der Waals surface area contributed by atoms with E-state index in [1.165, 1.54) is 0 Å². The van der Waals surface area contributed by atoms with Gasteiger partial charge < -0.3 is 19.1 Å². The lowest BCUT2D eigenvalue weighted by Gasteiger charge is -2.18. The third-order valence-electron chi connectivity index (χ3n) is 4.79. The second kappa shape index (κ2) is 7.72. The highest BCUT2D eigenvalue weighted by Gasteiger charge is 2.28. The monoisotopic (exact) mass is 377 g/mol. The molecule has 1 aromatic carbocycles. The zero-order chi connectivity index (χ0) is 19.5. The number of rotatable bonds is 5. The van der Waals surface area contributed by atoms with Crippen LogP contribution < -0.4 is 9.64 Å². The van der Waals surface area contributed by atoms with Crippen molar-refractivity contribution in [3.8, 4) is 11.6 Å². The number of anilines is 1. The van der Waals surface area contributed by atoms with Gasteiger partial charge in [0.15, 0.2) is 5.82 Å². The molecule has 0 N–H and O–H groups in total. The number of benzene rings is 1. The van der Waals surface area contributed by atoms with Crippen LogP contribution >= 0.6 is 0 Å². The van der Waals surface area contributed by atoms with Crippen LogP contribution in [0.3, 0.4) is 0 Å². The van der Waals surface area contributed by atoms with Gasteiger partial charge in [-0.3, -0.25) is 9.78 Å². The molecule has 0 bridgehead atoms. The van der Waals surface area contributed by atoms with Crippen molar-refractivity contribution in [3.05, 3.63) is 66.7 Å². The minimum Gasteiger partial charge on any atom is -0.471 e. The number of carbonyl (C=O) groups excluding carboxylic acids is 1. The van der Waals surface area contributed by atoms with Gasteiger partial charge in [-0.05, 0) is 36.4 Å². The van der Waals surface area contributed by atoms with Gasteiger partial charge >= 0.3 is 0 Å². The first-order valence-electron chi connectivity index (χ1n) is 9.29. The van der Waals surface area contributed by atoms with Crippen LogP contribution in [0, 0.1) is 0 Å². The molecule has 1 aliphatic heterocycles. The molecule has 28 heavy (non-hydrogen) atoms. The molecule has 0 aliphatic carbocycles. The van der Waals surface area contributed by atoms with Gasteiger partial charge in [-0.2, -0.15) is 4.98 Å². The molecule has 1 unspecified atom stereocenters. The van der Waals surface area contributed by atoms with E-state index in [0.717, 1.165) is 17.9 Å². The first-order chi connectivity index (χ1) is 13.6. The Morgan fingerprint density at radius 1 is 1.14 bits per heavy atom. The largest absolute Gasteiger partial charge is 0.471 e. The lowest BCUT2D eigenvalue weighted by Crippen LogP contribution is -2.31. The van der Waals surface area contributed by atoms with E-state index in [4.69, 9.17) is 4.74 Å². The highest BCUT2D eigenvalue weighted by atomic mass is 16.5. The summed E-state index contributed by atoms with van der Waals surface area (Å²) in [6.07, 6.45) is 7.96. The van der Waals surface area contributed by atoms with Gasteiger partial charge in [0.25, 0.3) is 5.91 Å². The smallest absolute Gasteiger partial charge is 0.253 e. The zero-order valence-corrected chi connectivity index (χ0v) is 16.0. The van der Waals surface area contributed by atoms with E-state index in [-0.39, 0.29) is 12.0 Å². The molecule has 0 radical (unpaired) electrons. The Morgan fingerprint density at radius 3 is 2.61 bits per heavy atom. The molecule has 144 valence electrons. The van der Waals surface area contributed by atoms with Gasteiger partial charge in [0.1, 0.15) is 6.10 Å². The lowest BCUT2D eigenvalue weighted by molar-refractivity contribution is 0.0771. The molecule has 1 fully saturated rings. The molecule has 1 saturated heterocycles. The first-order valence-corrected chi connectivity index (χ1v) is 9.29. The van der Waals surface area contributed by atoms with E-state index in [2.05, 4.69) is 9.97 Å². The molecule has 1 amide bonds. The van der Waals surface area contributed by atoms with Crippen LogP contribution in [0.25, 0.3) is 5.69 Å². The molecule has 3 heterocycles. The van der Waals surface area contributed by atoms with Crippen LogP contribution in [0.15, 0.2) is 61.2 Å². The summed E-state index contributed by atoms with van der Waals surface area (Å²) in [5, 5.41) is 0. The topological polar surface area (TPSA) is 63.5 Å². The highest BCUT2D eigenvalue weighted by Crippen LogP contribution is 2.20. The van der Waals surface area contributed by atoms with Crippen LogP contribution in [0.5, 0.6) is 5.88 Å². The Balaban J connectivity index is 1.38. The van der Waals surface area contributed by atoms with Gasteiger partial charge in [-0.1, -0.05) is 0 Å².